The molecule has 3 amide bonds. The summed E-state index contributed by atoms with van der Waals surface area (Å²) < 4.78 is 10.9. The Morgan fingerprint density at radius 2 is 1.75 bits per heavy atom. The van der Waals surface area contributed by atoms with Crippen LogP contribution in [0.15, 0.2) is 48.0 Å². The third-order valence-electron chi connectivity index (χ3n) is 4.61. The third kappa shape index (κ3) is 4.90. The molecule has 32 heavy (non-hydrogen) atoms. The van der Waals surface area contributed by atoms with Crippen molar-refractivity contribution in [2.45, 2.75) is 0 Å². The molecule has 0 aromatic heterocycles. The number of nitrogens with one attached hydrogen (secondary N) is 1. The van der Waals surface area contributed by atoms with E-state index in [-0.39, 0.29) is 39.7 Å². The predicted molar refractivity (Wildman–Crippen MR) is 125 cm³/mol. The number of anilines is 1. The van der Waals surface area contributed by atoms with Crippen LogP contribution in [0.1, 0.15) is 5.56 Å². The number of carbonyl (C=O) groups is 3. The summed E-state index contributed by atoms with van der Waals surface area (Å²) in [6, 6.07) is 12.0. The van der Waals surface area contributed by atoms with E-state index < -0.39 is 11.8 Å². The zero-order chi connectivity index (χ0) is 23.4. The van der Waals surface area contributed by atoms with Crippen LogP contribution in [-0.4, -0.2) is 60.4 Å². The summed E-state index contributed by atoms with van der Waals surface area (Å²) in [5.74, 6) is -1.01. The van der Waals surface area contributed by atoms with Crippen LogP contribution >= 0.6 is 23.8 Å². The molecule has 0 saturated carbocycles. The molecule has 10 heteroatoms. The van der Waals surface area contributed by atoms with Gasteiger partial charge in [0.15, 0.2) is 23.2 Å². The molecule has 1 N–H and O–H groups in total. The van der Waals surface area contributed by atoms with Gasteiger partial charge in [-0.15, -0.1) is 0 Å². The Hall–Kier alpha value is -3.43. The van der Waals surface area contributed by atoms with E-state index in [1.807, 2.05) is 6.07 Å². The molecule has 0 bridgehead atoms. The van der Waals surface area contributed by atoms with Crippen LogP contribution < -0.4 is 14.8 Å². The number of benzene rings is 2. The standard InChI is InChI=1S/C22H20ClN3O5S/c1-25-20(28)15(21(29)26(2)22(25)32)9-13-10-16(23)19(17(11-13)30-3)31-12-18(27)24-14-7-5-4-6-8-14/h4-11H,12H2,1-3H3,(H,24,27). The summed E-state index contributed by atoms with van der Waals surface area (Å²) in [7, 11) is 4.40. The van der Waals surface area contributed by atoms with Crippen molar-refractivity contribution in [1.29, 1.82) is 0 Å². The zero-order valence-electron chi connectivity index (χ0n) is 17.5. The lowest BCUT2D eigenvalue weighted by molar-refractivity contribution is -0.132. The monoisotopic (exact) mass is 473 g/mol. The molecule has 1 aliphatic heterocycles. The van der Waals surface area contributed by atoms with E-state index in [0.717, 1.165) is 0 Å². The normalized spacial score (nSPS) is 13.9. The van der Waals surface area contributed by atoms with Gasteiger partial charge in [-0.3, -0.25) is 24.2 Å². The lowest BCUT2D eigenvalue weighted by Crippen LogP contribution is -2.52. The van der Waals surface area contributed by atoms with Gasteiger partial charge in [-0.2, -0.15) is 0 Å². The maximum Gasteiger partial charge on any atom is 0.265 e. The second kappa shape index (κ2) is 9.80. The van der Waals surface area contributed by atoms with E-state index in [1.165, 1.54) is 43.1 Å². The van der Waals surface area contributed by atoms with Gasteiger partial charge < -0.3 is 14.8 Å². The lowest BCUT2D eigenvalue weighted by Gasteiger charge is -2.31. The zero-order valence-corrected chi connectivity index (χ0v) is 19.1. The van der Waals surface area contributed by atoms with Crippen LogP contribution in [0.4, 0.5) is 5.69 Å². The molecule has 0 aliphatic carbocycles. The Bertz CT molecular complexity index is 1090. The molecular weight excluding hydrogens is 454 g/mol. The Balaban J connectivity index is 1.81. The average molecular weight is 474 g/mol. The van der Waals surface area contributed by atoms with Crippen LogP contribution in [0, 0.1) is 0 Å². The molecule has 1 aliphatic rings. The van der Waals surface area contributed by atoms with E-state index >= 15 is 0 Å². The number of amides is 3. The Morgan fingerprint density at radius 1 is 1.12 bits per heavy atom. The Labute approximate surface area is 195 Å². The number of thiocarbonyl (C=S) groups is 1. The van der Waals surface area contributed by atoms with E-state index in [0.29, 0.717) is 11.3 Å². The first-order valence-electron chi connectivity index (χ1n) is 9.40. The van der Waals surface area contributed by atoms with Gasteiger partial charge in [0.1, 0.15) is 5.57 Å². The summed E-state index contributed by atoms with van der Waals surface area (Å²) in [5.41, 5.74) is 1.01. The highest BCUT2D eigenvalue weighted by molar-refractivity contribution is 7.80. The summed E-state index contributed by atoms with van der Waals surface area (Å²) in [5, 5.41) is 2.97. The quantitative estimate of drug-likeness (QED) is 0.394. The van der Waals surface area contributed by atoms with Gasteiger partial charge in [0, 0.05) is 19.8 Å². The third-order valence-corrected chi connectivity index (χ3v) is 5.44. The van der Waals surface area contributed by atoms with Crippen molar-refractivity contribution in [2.24, 2.45) is 0 Å². The first-order chi connectivity index (χ1) is 15.2. The van der Waals surface area contributed by atoms with Crippen LogP contribution in [0.5, 0.6) is 11.5 Å². The van der Waals surface area contributed by atoms with Crippen molar-refractivity contribution in [3.63, 3.8) is 0 Å². The highest BCUT2D eigenvalue weighted by Gasteiger charge is 2.35. The van der Waals surface area contributed by atoms with Crippen LogP contribution in [0.3, 0.4) is 0 Å². The fourth-order valence-electron chi connectivity index (χ4n) is 2.96. The number of hydrogen-bond acceptors (Lipinski definition) is 6. The number of nitrogens with zero attached hydrogens (tertiary/aromatic N) is 2. The van der Waals surface area contributed by atoms with E-state index in [1.54, 1.807) is 30.3 Å². The number of likely N-dealkylation sites (N-methyl/N-ethyl adjacent to an activating group) is 2. The molecule has 0 atom stereocenters. The number of hydrogen-bond donors (Lipinski definition) is 1. The molecule has 2 aromatic rings. The summed E-state index contributed by atoms with van der Waals surface area (Å²) >= 11 is 11.4. The second-order valence-corrected chi connectivity index (χ2v) is 7.58. The number of ether oxygens (including phenoxy) is 2. The van der Waals surface area contributed by atoms with E-state index in [9.17, 15) is 14.4 Å². The molecule has 1 heterocycles. The molecule has 1 fully saturated rings. The van der Waals surface area contributed by atoms with Crippen LogP contribution in [0.2, 0.25) is 5.02 Å². The van der Waals surface area contributed by atoms with Crippen molar-refractivity contribution < 1.29 is 23.9 Å². The van der Waals surface area contributed by atoms with Gasteiger partial charge in [-0.05, 0) is 48.1 Å². The summed E-state index contributed by atoms with van der Waals surface area (Å²) in [4.78, 5) is 39.6. The first-order valence-corrected chi connectivity index (χ1v) is 10.2. The Kier molecular flexibility index (Phi) is 7.12. The highest BCUT2D eigenvalue weighted by atomic mass is 35.5. The highest BCUT2D eigenvalue weighted by Crippen LogP contribution is 2.37. The average Bonchev–Trinajstić information content (AvgIpc) is 2.78. The molecule has 3 rings (SSSR count). The minimum absolute atomic E-state index is 0.0716. The minimum Gasteiger partial charge on any atom is -0.493 e. The van der Waals surface area contributed by atoms with Gasteiger partial charge in [0.2, 0.25) is 0 Å². The Morgan fingerprint density at radius 3 is 2.34 bits per heavy atom. The largest absolute Gasteiger partial charge is 0.493 e. The van der Waals surface area contributed by atoms with Gasteiger partial charge in [0.25, 0.3) is 17.7 Å². The molecule has 1 saturated heterocycles. The van der Waals surface area contributed by atoms with Crippen molar-refractivity contribution in [3.05, 3.63) is 58.6 Å². The molecule has 0 unspecified atom stereocenters. The minimum atomic E-state index is -0.522. The summed E-state index contributed by atoms with van der Waals surface area (Å²) in [6.07, 6.45) is 1.40. The molecule has 166 valence electrons. The molecule has 8 nitrogen and oxygen atoms in total. The number of para-hydroxylation sites is 1. The molecule has 0 spiro atoms. The second-order valence-electron chi connectivity index (χ2n) is 6.81. The van der Waals surface area contributed by atoms with Crippen LogP contribution in [0.25, 0.3) is 6.08 Å². The van der Waals surface area contributed by atoms with Crippen molar-refractivity contribution in [3.8, 4) is 11.5 Å². The number of carbonyl (C=O) groups excluding carboxylic acids is 3. The smallest absolute Gasteiger partial charge is 0.265 e. The van der Waals surface area contributed by atoms with Crippen LogP contribution in [-0.2, 0) is 14.4 Å². The number of halogens is 1. The SMILES string of the molecule is COc1cc(C=C2C(=O)N(C)C(=S)N(C)C2=O)cc(Cl)c1OCC(=O)Nc1ccccc1. The molecule has 2 aromatic carbocycles. The molecule has 0 radical (unpaired) electrons. The van der Waals surface area contributed by atoms with E-state index in [2.05, 4.69) is 5.32 Å². The maximum absolute atomic E-state index is 12.5. The first kappa shape index (κ1) is 23.2. The van der Waals surface area contributed by atoms with Crippen molar-refractivity contribution in [1.82, 2.24) is 9.80 Å². The van der Waals surface area contributed by atoms with Crippen molar-refractivity contribution >= 4 is 58.4 Å². The maximum atomic E-state index is 12.5. The lowest BCUT2D eigenvalue weighted by atomic mass is 10.1. The van der Waals surface area contributed by atoms with Gasteiger partial charge in [-0.1, -0.05) is 29.8 Å². The fraction of sp³-hybridized carbons (Fsp3) is 0.182. The van der Waals surface area contributed by atoms with Gasteiger partial charge in [0.05, 0.1) is 12.1 Å². The fourth-order valence-corrected chi connectivity index (χ4v) is 3.40. The predicted octanol–water partition coefficient (Wildman–Crippen LogP) is 2.96. The molecular formula is C22H20ClN3O5S. The topological polar surface area (TPSA) is 88.2 Å². The number of methoxy groups -OCH3 is 1. The van der Waals surface area contributed by atoms with Gasteiger partial charge in [-0.25, -0.2) is 0 Å². The van der Waals surface area contributed by atoms with Crippen molar-refractivity contribution in [2.75, 3.05) is 33.1 Å². The summed E-state index contributed by atoms with van der Waals surface area (Å²) in [6.45, 7) is -0.296. The number of rotatable bonds is 6. The van der Waals surface area contributed by atoms with Gasteiger partial charge >= 0.3 is 0 Å². The van der Waals surface area contributed by atoms with E-state index in [4.69, 9.17) is 33.3 Å².